The summed E-state index contributed by atoms with van der Waals surface area (Å²) in [7, 11) is 3.18. The number of nitrogens with zero attached hydrogens (tertiary/aromatic N) is 4. The van der Waals surface area contributed by atoms with Gasteiger partial charge in [-0.15, -0.1) is 0 Å². The fraction of sp³-hybridized carbons (Fsp3) is 0.188. The van der Waals surface area contributed by atoms with Gasteiger partial charge in [-0.25, -0.2) is 9.48 Å². The van der Waals surface area contributed by atoms with Gasteiger partial charge < -0.3 is 24.3 Å². The molecule has 2 amide bonds. The van der Waals surface area contributed by atoms with E-state index in [0.29, 0.717) is 23.7 Å². The molecule has 0 saturated carbocycles. The van der Waals surface area contributed by atoms with E-state index >= 15 is 0 Å². The van der Waals surface area contributed by atoms with Crippen LogP contribution in [-0.4, -0.2) is 39.5 Å². The Balaban J connectivity index is 1.53. The Morgan fingerprint density at radius 2 is 1.75 bits per heavy atom. The number of aromatic nitrogens is 3. The zero-order chi connectivity index (χ0) is 27.8. The van der Waals surface area contributed by atoms with Crippen molar-refractivity contribution in [3.63, 3.8) is 0 Å². The van der Waals surface area contributed by atoms with Crippen LogP contribution < -0.4 is 14.8 Å². The summed E-state index contributed by atoms with van der Waals surface area (Å²) in [4.78, 5) is 16.1. The van der Waals surface area contributed by atoms with Crippen LogP contribution in [-0.2, 0) is 6.54 Å². The topological polar surface area (TPSA) is 73.6 Å². The number of benzene rings is 3. The Hall–Kier alpha value is -4.98. The summed E-state index contributed by atoms with van der Waals surface area (Å²) in [5.74, 6) is 2.10. The van der Waals surface area contributed by atoms with Gasteiger partial charge in [0.05, 0.1) is 49.6 Å². The highest BCUT2D eigenvalue weighted by Crippen LogP contribution is 2.39. The van der Waals surface area contributed by atoms with Crippen LogP contribution in [0.5, 0.6) is 11.5 Å². The number of methoxy groups -OCH3 is 2. The third kappa shape index (κ3) is 4.37. The number of hydrogen-bond acceptors (Lipinski definition) is 4. The number of ether oxygens (including phenoxy) is 2. The second-order valence-corrected chi connectivity index (χ2v) is 9.88. The van der Waals surface area contributed by atoms with Crippen molar-refractivity contribution in [2.45, 2.75) is 26.4 Å². The predicted octanol–water partition coefficient (Wildman–Crippen LogP) is 6.43. The van der Waals surface area contributed by atoms with Crippen molar-refractivity contribution in [3.05, 3.63) is 119 Å². The Kier molecular flexibility index (Phi) is 6.51. The number of para-hydroxylation sites is 1. The minimum atomic E-state index is -0.359. The van der Waals surface area contributed by atoms with Crippen molar-refractivity contribution < 1.29 is 14.3 Å². The molecule has 1 aliphatic heterocycles. The molecule has 8 heteroatoms. The number of fused-ring (bicyclic) bond motifs is 3. The third-order valence-corrected chi connectivity index (χ3v) is 7.35. The van der Waals surface area contributed by atoms with Crippen LogP contribution >= 0.6 is 0 Å². The first-order chi connectivity index (χ1) is 19.5. The molecule has 3 aromatic carbocycles. The average molecular weight is 534 g/mol. The SMILES string of the molecule is COc1ccc(OC)c(NC(=O)N2Cc3c(C)nn(-c4ccccc4)c3-n3cccc3C2c2cccc(C)c2)c1. The first-order valence-corrected chi connectivity index (χ1v) is 13.2. The molecule has 8 nitrogen and oxygen atoms in total. The minimum absolute atomic E-state index is 0.259. The molecule has 2 aromatic heterocycles. The lowest BCUT2D eigenvalue weighted by molar-refractivity contribution is 0.194. The van der Waals surface area contributed by atoms with E-state index in [1.54, 1.807) is 32.4 Å². The highest BCUT2D eigenvalue weighted by molar-refractivity contribution is 5.92. The summed E-state index contributed by atoms with van der Waals surface area (Å²) in [6, 6.07) is 27.2. The smallest absolute Gasteiger partial charge is 0.323 e. The third-order valence-electron chi connectivity index (χ3n) is 7.35. The van der Waals surface area contributed by atoms with E-state index in [-0.39, 0.29) is 12.1 Å². The van der Waals surface area contributed by atoms with Gasteiger partial charge >= 0.3 is 6.03 Å². The van der Waals surface area contributed by atoms with Crippen molar-refractivity contribution in [1.29, 1.82) is 0 Å². The summed E-state index contributed by atoms with van der Waals surface area (Å²) in [5.41, 5.74) is 6.44. The summed E-state index contributed by atoms with van der Waals surface area (Å²) in [5, 5.41) is 8.03. The van der Waals surface area contributed by atoms with Gasteiger partial charge in [-0.3, -0.25) is 0 Å². The highest BCUT2D eigenvalue weighted by atomic mass is 16.5. The van der Waals surface area contributed by atoms with E-state index in [9.17, 15) is 4.79 Å². The van der Waals surface area contributed by atoms with Crippen molar-refractivity contribution in [3.8, 4) is 23.0 Å². The molecule has 1 atom stereocenters. The zero-order valence-electron chi connectivity index (χ0n) is 23.0. The summed E-state index contributed by atoms with van der Waals surface area (Å²) < 4.78 is 15.1. The molecule has 0 spiro atoms. The van der Waals surface area contributed by atoms with Crippen molar-refractivity contribution >= 4 is 11.7 Å². The largest absolute Gasteiger partial charge is 0.497 e. The molecule has 0 radical (unpaired) electrons. The van der Waals surface area contributed by atoms with Gasteiger partial charge in [0.1, 0.15) is 17.3 Å². The number of hydrogen-bond donors (Lipinski definition) is 1. The van der Waals surface area contributed by atoms with E-state index < -0.39 is 0 Å². The number of rotatable bonds is 5. The van der Waals surface area contributed by atoms with Crippen molar-refractivity contribution in [2.75, 3.05) is 19.5 Å². The number of carbonyl (C=O) groups is 1. The average Bonchev–Trinajstić information content (AvgIpc) is 3.53. The number of aryl methyl sites for hydroxylation is 2. The van der Waals surface area contributed by atoms with Crippen LogP contribution in [0.15, 0.2) is 91.1 Å². The second-order valence-electron chi connectivity index (χ2n) is 9.88. The highest BCUT2D eigenvalue weighted by Gasteiger charge is 2.36. The summed E-state index contributed by atoms with van der Waals surface area (Å²) in [6.45, 7) is 4.42. The lowest BCUT2D eigenvalue weighted by atomic mass is 10.00. The normalized spacial score (nSPS) is 14.2. The molecule has 1 aliphatic rings. The number of urea groups is 1. The molecule has 1 N–H and O–H groups in total. The molecular weight excluding hydrogens is 502 g/mol. The molecular formula is C32H31N5O3. The fourth-order valence-corrected chi connectivity index (χ4v) is 5.44. The van der Waals surface area contributed by atoms with Crippen LogP contribution in [0.1, 0.15) is 34.1 Å². The molecule has 5 aromatic rings. The first-order valence-electron chi connectivity index (χ1n) is 13.2. The lowest BCUT2D eigenvalue weighted by Crippen LogP contribution is -2.38. The van der Waals surface area contributed by atoms with Gasteiger partial charge in [0.2, 0.25) is 0 Å². The van der Waals surface area contributed by atoms with Gasteiger partial charge in [-0.05, 0) is 55.8 Å². The quantitative estimate of drug-likeness (QED) is 0.282. The maximum atomic E-state index is 14.3. The standard InChI is InChI=1S/C32H31N5O3/c1-21-10-8-11-23(18-21)30-28-14-9-17-35(28)31-26(22(2)34-37(31)24-12-6-5-7-13-24)20-36(30)32(38)33-27-19-25(39-3)15-16-29(27)40-4/h5-19,30H,20H2,1-4H3,(H,33,38). The predicted molar refractivity (Wildman–Crippen MR) is 155 cm³/mol. The van der Waals surface area contributed by atoms with Crippen LogP contribution in [0.4, 0.5) is 10.5 Å². The Morgan fingerprint density at radius 1 is 0.925 bits per heavy atom. The lowest BCUT2D eigenvalue weighted by Gasteiger charge is -2.31. The molecule has 3 heterocycles. The fourth-order valence-electron chi connectivity index (χ4n) is 5.44. The molecule has 1 unspecified atom stereocenters. The monoisotopic (exact) mass is 533 g/mol. The van der Waals surface area contributed by atoms with Crippen LogP contribution in [0.2, 0.25) is 0 Å². The Morgan fingerprint density at radius 3 is 2.50 bits per heavy atom. The number of carbonyl (C=O) groups excluding carboxylic acids is 1. The van der Waals surface area contributed by atoms with Crippen molar-refractivity contribution in [1.82, 2.24) is 19.2 Å². The molecule has 0 bridgehead atoms. The van der Waals surface area contributed by atoms with Gasteiger partial charge in [0, 0.05) is 17.8 Å². The molecule has 40 heavy (non-hydrogen) atoms. The number of amides is 2. The van der Waals surface area contributed by atoms with Crippen LogP contribution in [0.25, 0.3) is 11.5 Å². The Labute approximate surface area is 233 Å². The summed E-state index contributed by atoms with van der Waals surface area (Å²) in [6.07, 6.45) is 2.05. The molecule has 0 aliphatic carbocycles. The first kappa shape index (κ1) is 25.3. The summed E-state index contributed by atoms with van der Waals surface area (Å²) >= 11 is 0. The van der Waals surface area contributed by atoms with Crippen LogP contribution in [0, 0.1) is 13.8 Å². The van der Waals surface area contributed by atoms with Gasteiger partial charge in [0.15, 0.2) is 0 Å². The van der Waals surface area contributed by atoms with E-state index in [1.807, 2.05) is 65.2 Å². The molecule has 0 saturated heterocycles. The maximum absolute atomic E-state index is 14.3. The molecule has 202 valence electrons. The van der Waals surface area contributed by atoms with Gasteiger partial charge in [-0.2, -0.15) is 5.10 Å². The number of anilines is 1. The maximum Gasteiger partial charge on any atom is 0.323 e. The van der Waals surface area contributed by atoms with Gasteiger partial charge in [0.25, 0.3) is 0 Å². The van der Waals surface area contributed by atoms with Gasteiger partial charge in [-0.1, -0.05) is 48.0 Å². The van der Waals surface area contributed by atoms with E-state index in [1.165, 1.54) is 0 Å². The molecule has 0 fully saturated rings. The zero-order valence-corrected chi connectivity index (χ0v) is 23.0. The van der Waals surface area contributed by atoms with E-state index in [4.69, 9.17) is 14.6 Å². The van der Waals surface area contributed by atoms with E-state index in [0.717, 1.165) is 39.6 Å². The minimum Gasteiger partial charge on any atom is -0.497 e. The second kappa shape index (κ2) is 10.3. The van der Waals surface area contributed by atoms with Crippen molar-refractivity contribution in [2.24, 2.45) is 0 Å². The number of nitrogens with one attached hydrogen (secondary N) is 1. The van der Waals surface area contributed by atoms with Crippen LogP contribution in [0.3, 0.4) is 0 Å². The van der Waals surface area contributed by atoms with E-state index in [2.05, 4.69) is 41.1 Å². The molecule has 6 rings (SSSR count). The Bertz CT molecular complexity index is 1690.